The standard InChI is InChI=1S/C13H21N3O4S2/c1-10-12(21-9-15-10)3-4-13(17)14-7-11-8-16(5-6-20-11)22(2,18)19/h9,11H,3-8H2,1-2H3,(H,14,17). The number of aryl methyl sites for hydroxylation is 2. The Morgan fingerprint density at radius 3 is 3.00 bits per heavy atom. The molecule has 0 aliphatic carbocycles. The lowest BCUT2D eigenvalue weighted by atomic mass is 10.2. The molecule has 1 fully saturated rings. The van der Waals surface area contributed by atoms with Crippen molar-refractivity contribution in [2.45, 2.75) is 25.9 Å². The third-order valence-corrected chi connectivity index (χ3v) is 5.79. The molecule has 7 nitrogen and oxygen atoms in total. The summed E-state index contributed by atoms with van der Waals surface area (Å²) in [5, 5.41) is 2.81. The van der Waals surface area contributed by atoms with Crippen LogP contribution in [-0.4, -0.2) is 62.2 Å². The summed E-state index contributed by atoms with van der Waals surface area (Å²) in [7, 11) is -3.21. The topological polar surface area (TPSA) is 88.6 Å². The maximum atomic E-state index is 11.9. The second-order valence-corrected chi connectivity index (χ2v) is 8.20. The van der Waals surface area contributed by atoms with E-state index >= 15 is 0 Å². The van der Waals surface area contributed by atoms with Gasteiger partial charge in [0.05, 0.1) is 30.2 Å². The van der Waals surface area contributed by atoms with Gasteiger partial charge in [0, 0.05) is 30.9 Å². The molecule has 0 radical (unpaired) electrons. The molecule has 22 heavy (non-hydrogen) atoms. The summed E-state index contributed by atoms with van der Waals surface area (Å²) in [6, 6.07) is 0. The first-order chi connectivity index (χ1) is 10.4. The second-order valence-electron chi connectivity index (χ2n) is 5.28. The molecule has 0 bridgehead atoms. The van der Waals surface area contributed by atoms with Gasteiger partial charge in [0.25, 0.3) is 0 Å². The average molecular weight is 347 g/mol. The first-order valence-corrected chi connectivity index (χ1v) is 9.81. The zero-order chi connectivity index (χ0) is 16.2. The summed E-state index contributed by atoms with van der Waals surface area (Å²) in [4.78, 5) is 17.1. The molecule has 1 N–H and O–H groups in total. The number of hydrogen-bond donors (Lipinski definition) is 1. The average Bonchev–Trinajstić information content (AvgIpc) is 2.88. The van der Waals surface area contributed by atoms with E-state index in [-0.39, 0.29) is 18.6 Å². The fraction of sp³-hybridized carbons (Fsp3) is 0.692. The summed E-state index contributed by atoms with van der Waals surface area (Å²) >= 11 is 1.55. The monoisotopic (exact) mass is 347 g/mol. The molecule has 2 rings (SSSR count). The van der Waals surface area contributed by atoms with E-state index < -0.39 is 10.0 Å². The van der Waals surface area contributed by atoms with Gasteiger partial charge in [0.1, 0.15) is 0 Å². The summed E-state index contributed by atoms with van der Waals surface area (Å²) in [5.41, 5.74) is 2.75. The Kier molecular flexibility index (Phi) is 5.90. The lowest BCUT2D eigenvalue weighted by Crippen LogP contribution is -2.49. The highest BCUT2D eigenvalue weighted by Gasteiger charge is 2.26. The number of rotatable bonds is 6. The number of aromatic nitrogens is 1. The summed E-state index contributed by atoms with van der Waals surface area (Å²) in [5.74, 6) is -0.0621. The van der Waals surface area contributed by atoms with E-state index in [0.717, 1.165) is 10.6 Å². The van der Waals surface area contributed by atoms with Gasteiger partial charge in [-0.3, -0.25) is 4.79 Å². The molecule has 1 aromatic heterocycles. The predicted octanol–water partition coefficient (Wildman–Crippen LogP) is 0.161. The quantitative estimate of drug-likeness (QED) is 0.792. The van der Waals surface area contributed by atoms with Crippen molar-refractivity contribution in [2.75, 3.05) is 32.5 Å². The first kappa shape index (κ1) is 17.3. The molecular formula is C13H21N3O4S2. The first-order valence-electron chi connectivity index (χ1n) is 7.08. The van der Waals surface area contributed by atoms with E-state index in [4.69, 9.17) is 4.74 Å². The number of carbonyl (C=O) groups excluding carboxylic acids is 1. The summed E-state index contributed by atoms with van der Waals surface area (Å²) < 4.78 is 29.9. The van der Waals surface area contributed by atoms with Crippen LogP contribution in [0.3, 0.4) is 0 Å². The highest BCUT2D eigenvalue weighted by molar-refractivity contribution is 7.88. The SMILES string of the molecule is Cc1ncsc1CCC(=O)NCC1CN(S(C)(=O)=O)CCO1. The Morgan fingerprint density at radius 1 is 1.59 bits per heavy atom. The van der Waals surface area contributed by atoms with E-state index in [0.29, 0.717) is 32.5 Å². The Morgan fingerprint density at radius 2 is 2.36 bits per heavy atom. The molecule has 1 aliphatic rings. The molecule has 0 saturated carbocycles. The number of ether oxygens (including phenoxy) is 1. The molecule has 1 amide bonds. The van der Waals surface area contributed by atoms with Crippen LogP contribution in [0, 0.1) is 6.92 Å². The molecule has 124 valence electrons. The number of nitrogens with one attached hydrogen (secondary N) is 1. The Bertz CT molecular complexity index is 615. The van der Waals surface area contributed by atoms with Gasteiger partial charge in [-0.05, 0) is 13.3 Å². The highest BCUT2D eigenvalue weighted by Crippen LogP contribution is 2.14. The molecule has 1 saturated heterocycles. The molecular weight excluding hydrogens is 326 g/mol. The fourth-order valence-corrected chi connectivity index (χ4v) is 3.85. The second kappa shape index (κ2) is 7.49. The summed E-state index contributed by atoms with van der Waals surface area (Å²) in [6.45, 7) is 3.26. The van der Waals surface area contributed by atoms with Gasteiger partial charge in [-0.25, -0.2) is 13.4 Å². The molecule has 2 heterocycles. The number of thiazole rings is 1. The minimum Gasteiger partial charge on any atom is -0.374 e. The van der Waals surface area contributed by atoms with Gasteiger partial charge in [0.2, 0.25) is 15.9 Å². The van der Waals surface area contributed by atoms with Crippen LogP contribution in [0.4, 0.5) is 0 Å². The summed E-state index contributed by atoms with van der Waals surface area (Å²) in [6.07, 6.45) is 1.96. The fourth-order valence-electron chi connectivity index (χ4n) is 2.23. The molecule has 0 aromatic carbocycles. The predicted molar refractivity (Wildman–Crippen MR) is 84.3 cm³/mol. The molecule has 1 aromatic rings. The molecule has 1 aliphatic heterocycles. The van der Waals surface area contributed by atoms with Crippen molar-refractivity contribution in [3.8, 4) is 0 Å². The molecule has 0 spiro atoms. The normalized spacial score (nSPS) is 20.0. The third kappa shape index (κ3) is 5.01. The van der Waals surface area contributed by atoms with Gasteiger partial charge >= 0.3 is 0 Å². The number of sulfonamides is 1. The Labute approximate surface area is 134 Å². The minimum atomic E-state index is -3.21. The number of amides is 1. The van der Waals surface area contributed by atoms with Crippen LogP contribution in [0.15, 0.2) is 5.51 Å². The van der Waals surface area contributed by atoms with Crippen LogP contribution in [-0.2, 0) is 26.0 Å². The Balaban J connectivity index is 1.73. The number of carbonyl (C=O) groups is 1. The minimum absolute atomic E-state index is 0.0621. The van der Waals surface area contributed by atoms with Crippen molar-refractivity contribution in [2.24, 2.45) is 0 Å². The van der Waals surface area contributed by atoms with Crippen LogP contribution in [0.1, 0.15) is 17.0 Å². The van der Waals surface area contributed by atoms with E-state index in [1.54, 1.807) is 16.8 Å². The van der Waals surface area contributed by atoms with E-state index in [1.165, 1.54) is 10.6 Å². The molecule has 9 heteroatoms. The van der Waals surface area contributed by atoms with Crippen molar-refractivity contribution in [3.05, 3.63) is 16.1 Å². The third-order valence-electron chi connectivity index (χ3n) is 3.52. The van der Waals surface area contributed by atoms with Crippen molar-refractivity contribution in [1.29, 1.82) is 0 Å². The highest BCUT2D eigenvalue weighted by atomic mass is 32.2. The number of hydrogen-bond acceptors (Lipinski definition) is 6. The maximum Gasteiger partial charge on any atom is 0.220 e. The smallest absolute Gasteiger partial charge is 0.220 e. The van der Waals surface area contributed by atoms with Crippen LogP contribution < -0.4 is 5.32 Å². The van der Waals surface area contributed by atoms with Gasteiger partial charge in [-0.15, -0.1) is 11.3 Å². The number of morpholine rings is 1. The number of nitrogens with zero attached hydrogens (tertiary/aromatic N) is 2. The van der Waals surface area contributed by atoms with Crippen molar-refractivity contribution >= 4 is 27.3 Å². The van der Waals surface area contributed by atoms with Crippen molar-refractivity contribution < 1.29 is 17.9 Å². The van der Waals surface area contributed by atoms with Crippen LogP contribution in [0.2, 0.25) is 0 Å². The largest absolute Gasteiger partial charge is 0.374 e. The maximum absolute atomic E-state index is 11.9. The zero-order valence-corrected chi connectivity index (χ0v) is 14.4. The van der Waals surface area contributed by atoms with Gasteiger partial charge in [-0.2, -0.15) is 4.31 Å². The van der Waals surface area contributed by atoms with Gasteiger partial charge in [0.15, 0.2) is 0 Å². The van der Waals surface area contributed by atoms with Gasteiger partial charge in [-0.1, -0.05) is 0 Å². The Hall–Kier alpha value is -1.03. The van der Waals surface area contributed by atoms with Gasteiger partial charge < -0.3 is 10.1 Å². The van der Waals surface area contributed by atoms with Crippen LogP contribution in [0.5, 0.6) is 0 Å². The van der Waals surface area contributed by atoms with Crippen molar-refractivity contribution in [1.82, 2.24) is 14.6 Å². The molecule has 1 atom stereocenters. The zero-order valence-electron chi connectivity index (χ0n) is 12.7. The van der Waals surface area contributed by atoms with E-state index in [9.17, 15) is 13.2 Å². The molecule has 1 unspecified atom stereocenters. The van der Waals surface area contributed by atoms with Crippen LogP contribution in [0.25, 0.3) is 0 Å². The lowest BCUT2D eigenvalue weighted by Gasteiger charge is -2.31. The van der Waals surface area contributed by atoms with E-state index in [2.05, 4.69) is 10.3 Å². The van der Waals surface area contributed by atoms with Crippen molar-refractivity contribution in [3.63, 3.8) is 0 Å². The van der Waals surface area contributed by atoms with Crippen LogP contribution >= 0.6 is 11.3 Å². The lowest BCUT2D eigenvalue weighted by molar-refractivity contribution is -0.122. The van der Waals surface area contributed by atoms with E-state index in [1.807, 2.05) is 6.92 Å².